The molecule has 2 aliphatic heterocycles. The summed E-state index contributed by atoms with van der Waals surface area (Å²) in [6, 6.07) is 3.72. The summed E-state index contributed by atoms with van der Waals surface area (Å²) in [5, 5.41) is 9.83. The van der Waals surface area contributed by atoms with Gasteiger partial charge in [-0.3, -0.25) is 4.79 Å². The zero-order valence-corrected chi connectivity index (χ0v) is 20.6. The molecule has 184 valence electrons. The van der Waals surface area contributed by atoms with Gasteiger partial charge in [0.1, 0.15) is 24.4 Å². The van der Waals surface area contributed by atoms with Crippen molar-refractivity contribution in [2.45, 2.75) is 72.2 Å². The number of hydrogen-bond donors (Lipinski definition) is 1. The van der Waals surface area contributed by atoms with E-state index in [-0.39, 0.29) is 24.6 Å². The van der Waals surface area contributed by atoms with Crippen LogP contribution in [0, 0.1) is 11.8 Å². The standard InChI is InChI=1S/C25H37NO7/c1-24(2,3)32-22(28)19(17-7-8-26(14-17)23(29)33-25(4,5)6)12-16-11-18(15-27)21-20(13-16)30-9-10-31-21/h11,13,17,19,27H,7-10,12,14-15H2,1-6H3/t17-,19-/m0/s1. The number of rotatable bonds is 5. The van der Waals surface area contributed by atoms with Crippen molar-refractivity contribution in [2.24, 2.45) is 11.8 Å². The van der Waals surface area contributed by atoms with Gasteiger partial charge in [0.15, 0.2) is 11.5 Å². The molecule has 1 fully saturated rings. The van der Waals surface area contributed by atoms with E-state index in [1.807, 2.05) is 53.7 Å². The van der Waals surface area contributed by atoms with Crippen molar-refractivity contribution in [1.82, 2.24) is 4.90 Å². The van der Waals surface area contributed by atoms with Crippen molar-refractivity contribution in [2.75, 3.05) is 26.3 Å². The lowest BCUT2D eigenvalue weighted by molar-refractivity contribution is -0.161. The molecule has 33 heavy (non-hydrogen) atoms. The monoisotopic (exact) mass is 463 g/mol. The lowest BCUT2D eigenvalue weighted by Crippen LogP contribution is -2.38. The lowest BCUT2D eigenvalue weighted by atomic mass is 9.85. The van der Waals surface area contributed by atoms with Gasteiger partial charge >= 0.3 is 12.1 Å². The Morgan fingerprint density at radius 2 is 1.76 bits per heavy atom. The molecule has 0 aliphatic carbocycles. The second kappa shape index (κ2) is 9.79. The normalized spacial score (nSPS) is 19.2. The molecule has 0 radical (unpaired) electrons. The average Bonchev–Trinajstić information content (AvgIpc) is 3.18. The van der Waals surface area contributed by atoms with Crippen LogP contribution in [0.5, 0.6) is 11.5 Å². The van der Waals surface area contributed by atoms with Crippen LogP contribution >= 0.6 is 0 Å². The maximum absolute atomic E-state index is 13.2. The second-order valence-corrected chi connectivity index (χ2v) is 10.8. The molecule has 8 heteroatoms. The molecule has 0 saturated carbocycles. The van der Waals surface area contributed by atoms with Crippen LogP contribution < -0.4 is 9.47 Å². The molecule has 3 rings (SSSR count). The minimum atomic E-state index is -0.623. The average molecular weight is 464 g/mol. The molecule has 1 amide bonds. The molecular weight excluding hydrogens is 426 g/mol. The summed E-state index contributed by atoms with van der Waals surface area (Å²) in [5.41, 5.74) is 0.287. The third-order valence-corrected chi connectivity index (χ3v) is 5.56. The SMILES string of the molecule is CC(C)(C)OC(=O)[C@@H](Cc1cc(CO)c2c(c1)OCCO2)[C@H]1CCN(C(=O)OC(C)(C)C)C1. The Bertz CT molecular complexity index is 851. The first kappa shape index (κ1) is 25.1. The highest BCUT2D eigenvalue weighted by atomic mass is 16.6. The van der Waals surface area contributed by atoms with Gasteiger partial charge in [0, 0.05) is 18.7 Å². The van der Waals surface area contributed by atoms with Gasteiger partial charge in [-0.2, -0.15) is 0 Å². The maximum Gasteiger partial charge on any atom is 0.410 e. The minimum Gasteiger partial charge on any atom is -0.486 e. The molecule has 1 N–H and O–H groups in total. The number of ether oxygens (including phenoxy) is 4. The molecule has 2 aliphatic rings. The van der Waals surface area contributed by atoms with Gasteiger partial charge in [0.25, 0.3) is 0 Å². The van der Waals surface area contributed by atoms with Gasteiger partial charge in [0.2, 0.25) is 0 Å². The molecule has 0 aromatic heterocycles. The fourth-order valence-corrected chi connectivity index (χ4v) is 4.21. The van der Waals surface area contributed by atoms with Crippen LogP contribution in [0.4, 0.5) is 4.79 Å². The molecular formula is C25H37NO7. The quantitative estimate of drug-likeness (QED) is 0.665. The molecule has 1 aromatic carbocycles. The maximum atomic E-state index is 13.2. The van der Waals surface area contributed by atoms with Crippen molar-refractivity contribution in [3.63, 3.8) is 0 Å². The summed E-state index contributed by atoms with van der Waals surface area (Å²) in [6.45, 7) is 12.7. The number of carbonyl (C=O) groups excluding carboxylic acids is 2. The van der Waals surface area contributed by atoms with E-state index in [1.54, 1.807) is 4.90 Å². The minimum absolute atomic E-state index is 0.0712. The number of amides is 1. The lowest BCUT2D eigenvalue weighted by Gasteiger charge is -2.29. The number of nitrogens with zero attached hydrogens (tertiary/aromatic N) is 1. The van der Waals surface area contributed by atoms with Gasteiger partial charge < -0.3 is 29.0 Å². The van der Waals surface area contributed by atoms with E-state index in [2.05, 4.69) is 0 Å². The van der Waals surface area contributed by atoms with E-state index in [0.29, 0.717) is 56.2 Å². The number of aliphatic hydroxyl groups excluding tert-OH is 1. The Kier molecular flexibility index (Phi) is 7.46. The van der Waals surface area contributed by atoms with Crippen LogP contribution in [0.25, 0.3) is 0 Å². The number of aliphatic hydroxyl groups is 1. The van der Waals surface area contributed by atoms with E-state index in [9.17, 15) is 14.7 Å². The number of benzene rings is 1. The molecule has 1 saturated heterocycles. The Morgan fingerprint density at radius 1 is 1.09 bits per heavy atom. The highest BCUT2D eigenvalue weighted by Crippen LogP contribution is 2.37. The predicted octanol–water partition coefficient (Wildman–Crippen LogP) is 3.71. The molecule has 0 unspecified atom stereocenters. The summed E-state index contributed by atoms with van der Waals surface area (Å²) in [7, 11) is 0. The highest BCUT2D eigenvalue weighted by Gasteiger charge is 2.39. The van der Waals surface area contributed by atoms with Crippen LogP contribution in [-0.4, -0.2) is 59.6 Å². The number of likely N-dealkylation sites (tertiary alicyclic amines) is 1. The van der Waals surface area contributed by atoms with E-state index < -0.39 is 17.1 Å². The number of hydrogen-bond acceptors (Lipinski definition) is 7. The summed E-state index contributed by atoms with van der Waals surface area (Å²) in [6.07, 6.45) is 0.723. The predicted molar refractivity (Wildman–Crippen MR) is 122 cm³/mol. The van der Waals surface area contributed by atoms with E-state index in [1.165, 1.54) is 0 Å². The molecule has 0 bridgehead atoms. The van der Waals surface area contributed by atoms with E-state index in [0.717, 1.165) is 5.56 Å². The van der Waals surface area contributed by atoms with Gasteiger partial charge in [-0.05, 0) is 78.0 Å². The molecule has 2 heterocycles. The Morgan fingerprint density at radius 3 is 2.39 bits per heavy atom. The number of fused-ring (bicyclic) bond motifs is 1. The van der Waals surface area contributed by atoms with Crippen LogP contribution in [0.3, 0.4) is 0 Å². The molecule has 0 spiro atoms. The van der Waals surface area contributed by atoms with Crippen LogP contribution in [0.1, 0.15) is 59.1 Å². The van der Waals surface area contributed by atoms with Crippen LogP contribution in [0.2, 0.25) is 0 Å². The van der Waals surface area contributed by atoms with Gasteiger partial charge in [0.05, 0.1) is 12.5 Å². The fraction of sp³-hybridized carbons (Fsp3) is 0.680. The zero-order valence-electron chi connectivity index (χ0n) is 20.6. The first-order chi connectivity index (χ1) is 15.4. The summed E-state index contributed by atoms with van der Waals surface area (Å²) in [5.74, 6) is 0.314. The second-order valence-electron chi connectivity index (χ2n) is 10.8. The van der Waals surface area contributed by atoms with Gasteiger partial charge in [-0.15, -0.1) is 0 Å². The number of esters is 1. The van der Waals surface area contributed by atoms with Crippen molar-refractivity contribution in [3.8, 4) is 11.5 Å². The topological polar surface area (TPSA) is 94.5 Å². The Labute approximate surface area is 196 Å². The van der Waals surface area contributed by atoms with E-state index in [4.69, 9.17) is 18.9 Å². The number of carbonyl (C=O) groups is 2. The Balaban J connectivity index is 1.82. The largest absolute Gasteiger partial charge is 0.486 e. The first-order valence-electron chi connectivity index (χ1n) is 11.6. The molecule has 8 nitrogen and oxygen atoms in total. The van der Waals surface area contributed by atoms with Crippen LogP contribution in [0.15, 0.2) is 12.1 Å². The van der Waals surface area contributed by atoms with Crippen LogP contribution in [-0.2, 0) is 27.3 Å². The van der Waals surface area contributed by atoms with Gasteiger partial charge in [-0.25, -0.2) is 4.79 Å². The molecule has 1 aromatic rings. The summed E-state index contributed by atoms with van der Waals surface area (Å²) in [4.78, 5) is 27.5. The van der Waals surface area contributed by atoms with Crippen molar-refractivity contribution in [1.29, 1.82) is 0 Å². The van der Waals surface area contributed by atoms with Crippen molar-refractivity contribution >= 4 is 12.1 Å². The van der Waals surface area contributed by atoms with E-state index >= 15 is 0 Å². The third kappa shape index (κ3) is 6.76. The molecule has 2 atom stereocenters. The fourth-order valence-electron chi connectivity index (χ4n) is 4.21. The highest BCUT2D eigenvalue weighted by molar-refractivity contribution is 5.74. The van der Waals surface area contributed by atoms with Crippen molar-refractivity contribution < 1.29 is 33.6 Å². The Hall–Kier alpha value is -2.48. The first-order valence-corrected chi connectivity index (χ1v) is 11.6. The summed E-state index contributed by atoms with van der Waals surface area (Å²) >= 11 is 0. The van der Waals surface area contributed by atoms with Gasteiger partial charge in [-0.1, -0.05) is 0 Å². The third-order valence-electron chi connectivity index (χ3n) is 5.56. The smallest absolute Gasteiger partial charge is 0.410 e. The summed E-state index contributed by atoms with van der Waals surface area (Å²) < 4.78 is 22.7. The zero-order chi connectivity index (χ0) is 24.4. The van der Waals surface area contributed by atoms with Crippen molar-refractivity contribution in [3.05, 3.63) is 23.3 Å².